The Morgan fingerprint density at radius 1 is 1.39 bits per heavy atom. The summed E-state index contributed by atoms with van der Waals surface area (Å²) in [6, 6.07) is 7.00. The molecule has 0 saturated heterocycles. The lowest BCUT2D eigenvalue weighted by atomic mass is 9.88. The molecular formula is C20H22F3N3O2. The number of nitrogens with one attached hydrogen (secondary N) is 2. The summed E-state index contributed by atoms with van der Waals surface area (Å²) in [5.41, 5.74) is 0.649. The SMILES string of the molecule is CCC(=O)NC(C)C1=CCC(OCC(F)(F)F)(c2c[nH]c3ccccc23)C=N1. The first kappa shape index (κ1) is 20.1. The van der Waals surface area contributed by atoms with Crippen molar-refractivity contribution in [3.63, 3.8) is 0 Å². The Balaban J connectivity index is 1.92. The quantitative estimate of drug-likeness (QED) is 0.772. The van der Waals surface area contributed by atoms with Crippen molar-refractivity contribution < 1.29 is 22.7 Å². The summed E-state index contributed by atoms with van der Waals surface area (Å²) in [6.07, 6.45) is 0.857. The second kappa shape index (κ2) is 7.79. The molecule has 1 aliphatic heterocycles. The molecule has 0 aliphatic carbocycles. The van der Waals surface area contributed by atoms with Crippen LogP contribution >= 0.6 is 0 Å². The third kappa shape index (κ3) is 4.27. The highest BCUT2D eigenvalue weighted by Gasteiger charge is 2.40. The van der Waals surface area contributed by atoms with Crippen molar-refractivity contribution in [3.05, 3.63) is 47.8 Å². The minimum absolute atomic E-state index is 0.120. The number of amides is 1. The zero-order chi connectivity index (χ0) is 20.4. The average Bonchev–Trinajstić information content (AvgIpc) is 3.11. The minimum atomic E-state index is -4.46. The molecular weight excluding hydrogens is 371 g/mol. The van der Waals surface area contributed by atoms with E-state index in [0.29, 0.717) is 17.7 Å². The van der Waals surface area contributed by atoms with E-state index >= 15 is 0 Å². The summed E-state index contributed by atoms with van der Waals surface area (Å²) in [5.74, 6) is -0.120. The highest BCUT2D eigenvalue weighted by Crippen LogP contribution is 2.38. The van der Waals surface area contributed by atoms with Crippen molar-refractivity contribution in [3.8, 4) is 0 Å². The molecule has 2 heterocycles. The summed E-state index contributed by atoms with van der Waals surface area (Å²) in [6.45, 7) is 2.14. The average molecular weight is 393 g/mol. The van der Waals surface area contributed by atoms with Gasteiger partial charge in [-0.25, -0.2) is 0 Å². The van der Waals surface area contributed by atoms with Gasteiger partial charge in [-0.05, 0) is 13.0 Å². The van der Waals surface area contributed by atoms with Crippen LogP contribution in [-0.2, 0) is 15.1 Å². The Hall–Kier alpha value is -2.61. The topological polar surface area (TPSA) is 66.5 Å². The van der Waals surface area contributed by atoms with Crippen LogP contribution in [0.25, 0.3) is 10.9 Å². The number of para-hydroxylation sites is 1. The Morgan fingerprint density at radius 2 is 2.14 bits per heavy atom. The van der Waals surface area contributed by atoms with Crippen LogP contribution in [0.5, 0.6) is 0 Å². The van der Waals surface area contributed by atoms with Crippen LogP contribution in [0.4, 0.5) is 13.2 Å². The highest BCUT2D eigenvalue weighted by atomic mass is 19.4. The molecule has 1 aromatic heterocycles. The molecule has 1 aliphatic rings. The number of aromatic nitrogens is 1. The number of alkyl halides is 3. The third-order valence-corrected chi connectivity index (χ3v) is 4.72. The fourth-order valence-corrected chi connectivity index (χ4v) is 3.23. The van der Waals surface area contributed by atoms with E-state index in [4.69, 9.17) is 4.74 Å². The number of aromatic amines is 1. The predicted octanol–water partition coefficient (Wildman–Crippen LogP) is 4.22. The number of hydrogen-bond donors (Lipinski definition) is 2. The lowest BCUT2D eigenvalue weighted by molar-refractivity contribution is -0.194. The van der Waals surface area contributed by atoms with Crippen LogP contribution in [0.1, 0.15) is 32.3 Å². The van der Waals surface area contributed by atoms with E-state index in [-0.39, 0.29) is 18.4 Å². The van der Waals surface area contributed by atoms with Crippen LogP contribution in [0, 0.1) is 0 Å². The van der Waals surface area contributed by atoms with Gasteiger partial charge >= 0.3 is 6.18 Å². The van der Waals surface area contributed by atoms with Crippen LogP contribution in [-0.4, -0.2) is 35.9 Å². The van der Waals surface area contributed by atoms with E-state index in [0.717, 1.165) is 10.9 Å². The number of nitrogens with zero attached hydrogens (tertiary/aromatic N) is 1. The number of aliphatic imine (C=N–C) groups is 1. The number of carbonyl (C=O) groups is 1. The molecule has 2 atom stereocenters. The van der Waals surface area contributed by atoms with Crippen LogP contribution in [0.15, 0.2) is 47.2 Å². The number of H-pyrrole nitrogens is 1. The Kier molecular flexibility index (Phi) is 5.60. The van der Waals surface area contributed by atoms with Crippen LogP contribution < -0.4 is 5.32 Å². The molecule has 1 aromatic carbocycles. The molecule has 150 valence electrons. The summed E-state index contributed by atoms with van der Waals surface area (Å²) in [4.78, 5) is 19.0. The fourth-order valence-electron chi connectivity index (χ4n) is 3.23. The number of ether oxygens (including phenoxy) is 1. The molecule has 1 amide bonds. The largest absolute Gasteiger partial charge is 0.411 e. The summed E-state index contributed by atoms with van der Waals surface area (Å²) < 4.78 is 44.0. The van der Waals surface area contributed by atoms with Crippen molar-refractivity contribution in [2.24, 2.45) is 4.99 Å². The maximum absolute atomic E-state index is 12.9. The minimum Gasteiger partial charge on any atom is -0.361 e. The summed E-state index contributed by atoms with van der Waals surface area (Å²) in [5, 5.41) is 3.58. The molecule has 28 heavy (non-hydrogen) atoms. The van der Waals surface area contributed by atoms with Crippen molar-refractivity contribution >= 4 is 23.0 Å². The number of benzene rings is 1. The molecule has 2 aromatic rings. The van der Waals surface area contributed by atoms with Gasteiger partial charge in [-0.1, -0.05) is 31.2 Å². The van der Waals surface area contributed by atoms with E-state index in [1.54, 1.807) is 26.1 Å². The Morgan fingerprint density at radius 3 is 2.79 bits per heavy atom. The second-order valence-corrected chi connectivity index (χ2v) is 6.78. The second-order valence-electron chi connectivity index (χ2n) is 6.78. The number of halogens is 3. The Labute approximate surface area is 160 Å². The molecule has 0 fully saturated rings. The smallest absolute Gasteiger partial charge is 0.361 e. The van der Waals surface area contributed by atoms with E-state index in [1.807, 2.05) is 24.3 Å². The van der Waals surface area contributed by atoms with Gasteiger partial charge in [-0.2, -0.15) is 13.2 Å². The first-order chi connectivity index (χ1) is 13.2. The van der Waals surface area contributed by atoms with E-state index in [9.17, 15) is 18.0 Å². The summed E-state index contributed by atoms with van der Waals surface area (Å²) >= 11 is 0. The summed E-state index contributed by atoms with van der Waals surface area (Å²) in [7, 11) is 0. The molecule has 8 heteroatoms. The predicted molar refractivity (Wildman–Crippen MR) is 101 cm³/mol. The normalized spacial score (nSPS) is 20.8. The number of carbonyl (C=O) groups excluding carboxylic acids is 1. The van der Waals surface area contributed by atoms with E-state index in [1.165, 1.54) is 6.21 Å². The zero-order valence-electron chi connectivity index (χ0n) is 15.6. The maximum Gasteiger partial charge on any atom is 0.411 e. The van der Waals surface area contributed by atoms with Crippen molar-refractivity contribution in [2.45, 2.75) is 44.5 Å². The molecule has 0 spiro atoms. The van der Waals surface area contributed by atoms with Gasteiger partial charge < -0.3 is 15.0 Å². The molecule has 2 unspecified atom stereocenters. The molecule has 0 bridgehead atoms. The highest BCUT2D eigenvalue weighted by molar-refractivity contribution is 5.89. The zero-order valence-corrected chi connectivity index (χ0v) is 15.6. The van der Waals surface area contributed by atoms with E-state index in [2.05, 4.69) is 15.3 Å². The monoisotopic (exact) mass is 393 g/mol. The van der Waals surface area contributed by atoms with Crippen molar-refractivity contribution in [1.82, 2.24) is 10.3 Å². The van der Waals surface area contributed by atoms with Gasteiger partial charge in [0.25, 0.3) is 0 Å². The molecule has 3 rings (SSSR count). The fraction of sp³-hybridized carbons (Fsp3) is 0.400. The van der Waals surface area contributed by atoms with Gasteiger partial charge in [0.2, 0.25) is 5.91 Å². The number of rotatable bonds is 6. The van der Waals surface area contributed by atoms with Crippen molar-refractivity contribution in [1.29, 1.82) is 0 Å². The van der Waals surface area contributed by atoms with Crippen LogP contribution in [0.3, 0.4) is 0 Å². The standard InChI is InChI=1S/C20H22F3N3O2/c1-3-18(27)26-13(2)16-8-9-19(11-25-16,28-12-20(21,22)23)15-10-24-17-7-5-4-6-14(15)17/h4-8,10-11,13,24H,3,9,12H2,1-2H3,(H,26,27). The first-order valence-corrected chi connectivity index (χ1v) is 9.06. The maximum atomic E-state index is 12.9. The lowest BCUT2D eigenvalue weighted by Crippen LogP contribution is -2.39. The number of hydrogen-bond acceptors (Lipinski definition) is 3. The molecule has 0 saturated carbocycles. The molecule has 0 radical (unpaired) electrons. The van der Waals surface area contributed by atoms with Crippen molar-refractivity contribution in [2.75, 3.05) is 6.61 Å². The first-order valence-electron chi connectivity index (χ1n) is 9.06. The van der Waals surface area contributed by atoms with Gasteiger partial charge in [0.1, 0.15) is 12.2 Å². The van der Waals surface area contributed by atoms with Crippen LogP contribution in [0.2, 0.25) is 0 Å². The Bertz CT molecular complexity index is 917. The van der Waals surface area contributed by atoms with Gasteiger partial charge in [-0.3, -0.25) is 9.79 Å². The number of fused-ring (bicyclic) bond motifs is 1. The molecule has 2 N–H and O–H groups in total. The van der Waals surface area contributed by atoms with Gasteiger partial charge in [0.05, 0.1) is 11.7 Å². The lowest BCUT2D eigenvalue weighted by Gasteiger charge is -2.33. The molecule has 5 nitrogen and oxygen atoms in total. The van der Waals surface area contributed by atoms with Gasteiger partial charge in [0.15, 0.2) is 0 Å². The van der Waals surface area contributed by atoms with E-state index < -0.39 is 18.4 Å². The van der Waals surface area contributed by atoms with Gasteiger partial charge in [-0.15, -0.1) is 0 Å². The van der Waals surface area contributed by atoms with Gasteiger partial charge in [0, 0.05) is 41.7 Å². The third-order valence-electron chi connectivity index (χ3n) is 4.72.